The van der Waals surface area contributed by atoms with Crippen LogP contribution in [0.25, 0.3) is 5.69 Å². The van der Waals surface area contributed by atoms with Crippen molar-refractivity contribution >= 4 is 35.1 Å². The summed E-state index contributed by atoms with van der Waals surface area (Å²) in [4.78, 5) is 31.2. The number of aryl methyl sites for hydroxylation is 2. The van der Waals surface area contributed by atoms with Crippen LogP contribution in [0.2, 0.25) is 0 Å². The lowest BCUT2D eigenvalue weighted by Gasteiger charge is -2.14. The Labute approximate surface area is 184 Å². The van der Waals surface area contributed by atoms with E-state index in [4.69, 9.17) is 4.98 Å². The van der Waals surface area contributed by atoms with E-state index in [1.54, 1.807) is 16.3 Å². The van der Waals surface area contributed by atoms with Crippen molar-refractivity contribution in [3.63, 3.8) is 0 Å². The van der Waals surface area contributed by atoms with Gasteiger partial charge >= 0.3 is 0 Å². The van der Waals surface area contributed by atoms with E-state index in [0.29, 0.717) is 10.4 Å². The van der Waals surface area contributed by atoms with Crippen molar-refractivity contribution in [2.75, 3.05) is 11.1 Å². The predicted octanol–water partition coefficient (Wildman–Crippen LogP) is 4.62. The van der Waals surface area contributed by atoms with Crippen molar-refractivity contribution in [1.29, 1.82) is 0 Å². The molecule has 1 aromatic heterocycles. The molecule has 5 nitrogen and oxygen atoms in total. The smallest absolute Gasteiger partial charge is 0.272 e. The monoisotopic (exact) mass is 437 g/mol. The summed E-state index contributed by atoms with van der Waals surface area (Å²) in [6.45, 7) is 6.12. The van der Waals surface area contributed by atoms with Gasteiger partial charge in [0.1, 0.15) is 0 Å². The summed E-state index contributed by atoms with van der Waals surface area (Å²) >= 11 is 2.87. The van der Waals surface area contributed by atoms with Crippen molar-refractivity contribution in [2.24, 2.45) is 0 Å². The maximum absolute atomic E-state index is 13.3. The Morgan fingerprint density at radius 2 is 1.77 bits per heavy atom. The van der Waals surface area contributed by atoms with Gasteiger partial charge in [-0.05, 0) is 38.1 Å². The number of nitrogens with zero attached hydrogens (tertiary/aromatic N) is 2. The zero-order valence-electron chi connectivity index (χ0n) is 17.1. The van der Waals surface area contributed by atoms with Gasteiger partial charge in [0.2, 0.25) is 5.91 Å². The Morgan fingerprint density at radius 1 is 1.13 bits per heavy atom. The average molecular weight is 438 g/mol. The van der Waals surface area contributed by atoms with Crippen LogP contribution in [0.1, 0.15) is 23.7 Å². The molecule has 1 amide bonds. The third-order valence-electron chi connectivity index (χ3n) is 4.84. The lowest BCUT2D eigenvalue weighted by Crippen LogP contribution is -2.24. The second kappa shape index (κ2) is 8.70. The van der Waals surface area contributed by atoms with E-state index >= 15 is 0 Å². The van der Waals surface area contributed by atoms with E-state index in [-0.39, 0.29) is 17.2 Å². The molecule has 1 N–H and O–H groups in total. The van der Waals surface area contributed by atoms with Gasteiger partial charge in [0.25, 0.3) is 5.56 Å². The number of hydrogen-bond acceptors (Lipinski definition) is 5. The molecule has 0 saturated carbocycles. The molecule has 1 aliphatic heterocycles. The first kappa shape index (κ1) is 20.8. The molecule has 30 heavy (non-hydrogen) atoms. The average Bonchev–Trinajstić information content (AvgIpc) is 3.10. The van der Waals surface area contributed by atoms with E-state index in [2.05, 4.69) is 12.2 Å². The Kier molecular flexibility index (Phi) is 6.01. The van der Waals surface area contributed by atoms with E-state index in [1.807, 2.05) is 62.4 Å². The molecule has 2 aromatic carbocycles. The molecule has 3 aromatic rings. The topological polar surface area (TPSA) is 64.0 Å². The Hall–Kier alpha value is -2.51. The normalized spacial score (nSPS) is 15.1. The minimum atomic E-state index is -0.128. The summed E-state index contributed by atoms with van der Waals surface area (Å²) in [5, 5.41) is 3.78. The molecule has 7 heteroatoms. The zero-order valence-corrected chi connectivity index (χ0v) is 18.8. The van der Waals surface area contributed by atoms with Gasteiger partial charge in [-0.25, -0.2) is 4.98 Å². The second-order valence-corrected chi connectivity index (χ2v) is 9.87. The first-order chi connectivity index (χ1) is 14.4. The number of rotatable bonds is 5. The number of anilines is 1. The molecular formula is C23H23N3O2S2. The third-order valence-corrected chi connectivity index (χ3v) is 6.99. The lowest BCUT2D eigenvalue weighted by atomic mass is 10.2. The highest BCUT2D eigenvalue weighted by molar-refractivity contribution is 8.00. The molecule has 1 atom stereocenters. The van der Waals surface area contributed by atoms with Gasteiger partial charge in [-0.15, -0.1) is 11.8 Å². The van der Waals surface area contributed by atoms with Crippen LogP contribution in [-0.4, -0.2) is 26.5 Å². The van der Waals surface area contributed by atoms with Gasteiger partial charge in [0.15, 0.2) is 5.16 Å². The standard InChI is InChI=1S/C23H23N3O2S2/c1-14-4-8-17(9-5-14)24-20(27)13-29-23-25-19-12-16(3)30-21(19)22(28)26(23)18-10-6-15(2)7-11-18/h4-11,16H,12-13H2,1-3H3,(H,24,27). The zero-order chi connectivity index (χ0) is 21.3. The number of carbonyl (C=O) groups excluding carboxylic acids is 1. The molecule has 4 rings (SSSR count). The molecule has 1 aliphatic rings. The summed E-state index contributed by atoms with van der Waals surface area (Å²) in [6.07, 6.45) is 0.771. The van der Waals surface area contributed by atoms with Gasteiger partial charge < -0.3 is 5.32 Å². The Bertz CT molecular complexity index is 1140. The van der Waals surface area contributed by atoms with Gasteiger partial charge in [-0.2, -0.15) is 0 Å². The molecule has 0 radical (unpaired) electrons. The molecule has 0 bridgehead atoms. The number of amides is 1. The number of thioether (sulfide) groups is 2. The summed E-state index contributed by atoms with van der Waals surface area (Å²) < 4.78 is 1.63. The van der Waals surface area contributed by atoms with Gasteiger partial charge in [-0.1, -0.05) is 54.1 Å². The van der Waals surface area contributed by atoms with Crippen molar-refractivity contribution < 1.29 is 4.79 Å². The molecule has 0 spiro atoms. The van der Waals surface area contributed by atoms with E-state index in [0.717, 1.165) is 39.5 Å². The first-order valence-electron chi connectivity index (χ1n) is 9.79. The molecule has 154 valence electrons. The van der Waals surface area contributed by atoms with Crippen LogP contribution in [0.5, 0.6) is 0 Å². The summed E-state index contributed by atoms with van der Waals surface area (Å²) in [6, 6.07) is 15.5. The summed E-state index contributed by atoms with van der Waals surface area (Å²) in [7, 11) is 0. The lowest BCUT2D eigenvalue weighted by molar-refractivity contribution is -0.113. The van der Waals surface area contributed by atoms with Crippen LogP contribution in [0.3, 0.4) is 0 Å². The van der Waals surface area contributed by atoms with Crippen LogP contribution in [-0.2, 0) is 11.2 Å². The third kappa shape index (κ3) is 4.47. The molecule has 1 unspecified atom stereocenters. The Balaban J connectivity index is 1.61. The van der Waals surface area contributed by atoms with Gasteiger partial charge in [0, 0.05) is 17.4 Å². The van der Waals surface area contributed by atoms with Crippen molar-refractivity contribution in [3.8, 4) is 5.69 Å². The maximum atomic E-state index is 13.3. The van der Waals surface area contributed by atoms with E-state index < -0.39 is 0 Å². The fraction of sp³-hybridized carbons (Fsp3) is 0.261. The van der Waals surface area contributed by atoms with Crippen molar-refractivity contribution in [1.82, 2.24) is 9.55 Å². The fourth-order valence-corrected chi connectivity index (χ4v) is 5.21. The Morgan fingerprint density at radius 3 is 2.43 bits per heavy atom. The SMILES string of the molecule is Cc1ccc(NC(=O)CSc2nc3c(c(=O)n2-c2ccc(C)cc2)SC(C)C3)cc1. The fourth-order valence-electron chi connectivity index (χ4n) is 3.28. The van der Waals surface area contributed by atoms with Crippen LogP contribution >= 0.6 is 23.5 Å². The quantitative estimate of drug-likeness (QED) is 0.466. The van der Waals surface area contributed by atoms with Crippen LogP contribution in [0, 0.1) is 13.8 Å². The van der Waals surface area contributed by atoms with E-state index in [1.165, 1.54) is 11.8 Å². The first-order valence-corrected chi connectivity index (χ1v) is 11.7. The highest BCUT2D eigenvalue weighted by Gasteiger charge is 2.27. The summed E-state index contributed by atoms with van der Waals surface area (Å²) in [5.74, 6) is 0.0463. The maximum Gasteiger partial charge on any atom is 0.272 e. The largest absolute Gasteiger partial charge is 0.325 e. The second-order valence-electron chi connectivity index (χ2n) is 7.48. The van der Waals surface area contributed by atoms with Crippen LogP contribution in [0.4, 0.5) is 5.69 Å². The number of nitrogens with one attached hydrogen (secondary N) is 1. The van der Waals surface area contributed by atoms with Crippen molar-refractivity contribution in [3.05, 3.63) is 75.7 Å². The number of aromatic nitrogens is 2. The van der Waals surface area contributed by atoms with Crippen LogP contribution < -0.4 is 10.9 Å². The van der Waals surface area contributed by atoms with Crippen molar-refractivity contribution in [2.45, 2.75) is 42.5 Å². The summed E-state index contributed by atoms with van der Waals surface area (Å²) in [5.41, 5.74) is 4.56. The molecule has 2 heterocycles. The molecular weight excluding hydrogens is 414 g/mol. The van der Waals surface area contributed by atoms with Gasteiger partial charge in [-0.3, -0.25) is 14.2 Å². The van der Waals surface area contributed by atoms with E-state index in [9.17, 15) is 9.59 Å². The van der Waals surface area contributed by atoms with Gasteiger partial charge in [0.05, 0.1) is 22.0 Å². The number of benzene rings is 2. The predicted molar refractivity (Wildman–Crippen MR) is 124 cm³/mol. The van der Waals surface area contributed by atoms with Crippen LogP contribution in [0.15, 0.2) is 63.4 Å². The highest BCUT2D eigenvalue weighted by atomic mass is 32.2. The molecule has 0 aliphatic carbocycles. The number of hydrogen-bond donors (Lipinski definition) is 1. The number of carbonyl (C=O) groups is 1. The molecule has 0 fully saturated rings. The minimum absolute atomic E-state index is 0.0559. The minimum Gasteiger partial charge on any atom is -0.325 e. The number of fused-ring (bicyclic) bond motifs is 1. The highest BCUT2D eigenvalue weighted by Crippen LogP contribution is 2.34. The molecule has 0 saturated heterocycles.